The van der Waals surface area contributed by atoms with E-state index in [4.69, 9.17) is 0 Å². The number of nitrogens with zero attached hydrogens (tertiary/aromatic N) is 1. The number of thioether (sulfide) groups is 1. The van der Waals surface area contributed by atoms with E-state index in [1.54, 1.807) is 30.0 Å². The molecule has 0 saturated carbocycles. The second-order valence-corrected chi connectivity index (χ2v) is 6.61. The highest BCUT2D eigenvalue weighted by atomic mass is 32.2. The van der Waals surface area contributed by atoms with E-state index >= 15 is 0 Å². The Labute approximate surface area is 100 Å². The number of rotatable bonds is 2. The Kier molecular flexibility index (Phi) is 3.60. The number of hydrogen-bond donors (Lipinski definition) is 0. The van der Waals surface area contributed by atoms with Crippen molar-refractivity contribution in [3.05, 3.63) is 39.9 Å². The Balaban J connectivity index is 2.38. The van der Waals surface area contributed by atoms with Gasteiger partial charge < -0.3 is 0 Å². The van der Waals surface area contributed by atoms with Gasteiger partial charge in [0, 0.05) is 22.6 Å². The van der Waals surface area contributed by atoms with Gasteiger partial charge >= 0.3 is 0 Å². The van der Waals surface area contributed by atoms with Crippen LogP contribution in [-0.2, 0) is 10.8 Å². The molecule has 0 aromatic heterocycles. The van der Waals surface area contributed by atoms with Crippen LogP contribution in [-0.4, -0.2) is 20.6 Å². The Morgan fingerprint density at radius 3 is 2.88 bits per heavy atom. The van der Waals surface area contributed by atoms with Gasteiger partial charge in [0.15, 0.2) is 0 Å². The van der Waals surface area contributed by atoms with Gasteiger partial charge in [0.05, 0.1) is 10.5 Å². The summed E-state index contributed by atoms with van der Waals surface area (Å²) in [7, 11) is -0.997. The molecule has 0 amide bonds. The Morgan fingerprint density at radius 2 is 2.19 bits per heavy atom. The molecule has 0 spiro atoms. The molecule has 6 heteroatoms. The largest absolute Gasteiger partial charge is 0.274 e. The van der Waals surface area contributed by atoms with Crippen LogP contribution in [0.5, 0.6) is 0 Å². The van der Waals surface area contributed by atoms with Crippen LogP contribution < -0.4 is 0 Å². The van der Waals surface area contributed by atoms with E-state index in [2.05, 4.69) is 0 Å². The summed E-state index contributed by atoms with van der Waals surface area (Å²) in [6.45, 7) is 0. The highest BCUT2D eigenvalue weighted by molar-refractivity contribution is 8.11. The summed E-state index contributed by atoms with van der Waals surface area (Å²) in [5.41, 5.74) is 0.672. The van der Waals surface area contributed by atoms with Crippen LogP contribution in [0.3, 0.4) is 0 Å². The lowest BCUT2D eigenvalue weighted by Crippen LogP contribution is -2.14. The van der Waals surface area contributed by atoms with Crippen molar-refractivity contribution in [2.45, 2.75) is 11.0 Å². The molecule has 16 heavy (non-hydrogen) atoms. The van der Waals surface area contributed by atoms with Crippen LogP contribution in [0, 0.1) is 10.1 Å². The molecule has 1 fully saturated rings. The average Bonchev–Trinajstić information content (AvgIpc) is 2.29. The first-order valence-corrected chi connectivity index (χ1v) is 7.35. The van der Waals surface area contributed by atoms with E-state index in [-0.39, 0.29) is 10.3 Å². The molecule has 1 aliphatic rings. The van der Waals surface area contributed by atoms with Crippen molar-refractivity contribution in [2.24, 2.45) is 0 Å². The monoisotopic (exact) mass is 257 g/mol. The van der Waals surface area contributed by atoms with Gasteiger partial charge in [0.1, 0.15) is 4.58 Å². The Hall–Kier alpha value is -0.880. The number of nitro groups is 1. The molecular formula is C10H11NO3S2. The third kappa shape index (κ3) is 2.27. The van der Waals surface area contributed by atoms with Crippen molar-refractivity contribution in [1.29, 1.82) is 0 Å². The van der Waals surface area contributed by atoms with Crippen molar-refractivity contribution < 1.29 is 9.13 Å². The molecule has 2 atom stereocenters. The number of hydrogen-bond acceptors (Lipinski definition) is 4. The van der Waals surface area contributed by atoms with Crippen LogP contribution >= 0.6 is 11.8 Å². The molecule has 4 nitrogen and oxygen atoms in total. The van der Waals surface area contributed by atoms with E-state index in [9.17, 15) is 14.3 Å². The third-order valence-corrected chi connectivity index (χ3v) is 5.94. The molecule has 1 heterocycles. The zero-order valence-corrected chi connectivity index (χ0v) is 10.1. The second kappa shape index (κ2) is 4.97. The highest BCUT2D eigenvalue weighted by Gasteiger charge is 2.28. The lowest BCUT2D eigenvalue weighted by molar-refractivity contribution is -0.385. The van der Waals surface area contributed by atoms with E-state index in [1.165, 1.54) is 6.07 Å². The first-order chi connectivity index (χ1) is 7.70. The smallest absolute Gasteiger partial charge is 0.258 e. The number of nitro benzene ring substituents is 1. The van der Waals surface area contributed by atoms with Gasteiger partial charge in [0.25, 0.3) is 5.69 Å². The van der Waals surface area contributed by atoms with Gasteiger partial charge in [-0.15, -0.1) is 11.8 Å². The fourth-order valence-electron chi connectivity index (χ4n) is 1.66. The summed E-state index contributed by atoms with van der Waals surface area (Å²) in [5, 5.41) is 10.9. The second-order valence-electron chi connectivity index (χ2n) is 3.46. The first-order valence-electron chi connectivity index (χ1n) is 4.92. The minimum Gasteiger partial charge on any atom is -0.258 e. The zero-order valence-electron chi connectivity index (χ0n) is 8.50. The van der Waals surface area contributed by atoms with E-state index in [0.29, 0.717) is 11.3 Å². The maximum absolute atomic E-state index is 11.8. The molecule has 2 rings (SSSR count). The van der Waals surface area contributed by atoms with Crippen LogP contribution in [0.15, 0.2) is 24.3 Å². The molecular weight excluding hydrogens is 246 g/mol. The predicted octanol–water partition coefficient (Wildman–Crippen LogP) is 2.48. The first kappa shape index (κ1) is 11.6. The molecule has 1 aromatic carbocycles. The molecule has 2 unspecified atom stereocenters. The van der Waals surface area contributed by atoms with Crippen molar-refractivity contribution in [3.8, 4) is 0 Å². The summed E-state index contributed by atoms with van der Waals surface area (Å²) in [4.78, 5) is 10.5. The highest BCUT2D eigenvalue weighted by Crippen LogP contribution is 2.40. The summed E-state index contributed by atoms with van der Waals surface area (Å²) >= 11 is 1.55. The average molecular weight is 257 g/mol. The minimum absolute atomic E-state index is 0.0789. The van der Waals surface area contributed by atoms with Gasteiger partial charge in [-0.1, -0.05) is 18.2 Å². The Morgan fingerprint density at radius 1 is 1.44 bits per heavy atom. The number of benzene rings is 1. The van der Waals surface area contributed by atoms with Gasteiger partial charge in [-0.05, 0) is 12.2 Å². The quantitative estimate of drug-likeness (QED) is 0.603. The van der Waals surface area contributed by atoms with Crippen molar-refractivity contribution >= 4 is 28.2 Å². The Bertz CT molecular complexity index is 436. The summed E-state index contributed by atoms with van der Waals surface area (Å²) in [6.07, 6.45) is 0.925. The summed E-state index contributed by atoms with van der Waals surface area (Å²) in [5.74, 6) is 1.56. The van der Waals surface area contributed by atoms with E-state index in [1.807, 2.05) is 0 Å². The fraction of sp³-hybridized carbons (Fsp3) is 0.400. The maximum Gasteiger partial charge on any atom is 0.274 e. The molecule has 0 N–H and O–H groups in total. The molecule has 1 saturated heterocycles. The van der Waals surface area contributed by atoms with Crippen LogP contribution in [0.2, 0.25) is 0 Å². The lowest BCUT2D eigenvalue weighted by atomic mass is 10.2. The molecule has 0 aliphatic carbocycles. The van der Waals surface area contributed by atoms with Gasteiger partial charge in [0.2, 0.25) is 0 Å². The van der Waals surface area contributed by atoms with Crippen molar-refractivity contribution in [1.82, 2.24) is 0 Å². The number of para-hydroxylation sites is 1. The minimum atomic E-state index is -0.997. The molecule has 0 radical (unpaired) electrons. The predicted molar refractivity (Wildman–Crippen MR) is 65.9 cm³/mol. The fourth-order valence-corrected chi connectivity index (χ4v) is 5.06. The van der Waals surface area contributed by atoms with Crippen LogP contribution in [0.1, 0.15) is 16.6 Å². The topological polar surface area (TPSA) is 60.2 Å². The van der Waals surface area contributed by atoms with Crippen LogP contribution in [0.25, 0.3) is 0 Å². The molecule has 1 aliphatic heterocycles. The van der Waals surface area contributed by atoms with E-state index < -0.39 is 15.7 Å². The molecule has 86 valence electrons. The van der Waals surface area contributed by atoms with Gasteiger partial charge in [-0.2, -0.15) is 0 Å². The van der Waals surface area contributed by atoms with Crippen LogP contribution in [0.4, 0.5) is 5.69 Å². The maximum atomic E-state index is 11.8. The zero-order chi connectivity index (χ0) is 11.5. The van der Waals surface area contributed by atoms with E-state index in [0.717, 1.165) is 12.2 Å². The standard InChI is InChI=1S/C10H11NO3S2/c12-11(13)9-5-2-1-4-8(9)10-15-6-3-7-16(10)14/h1-2,4-5,10H,3,6-7H2. The van der Waals surface area contributed by atoms with Crippen molar-refractivity contribution in [3.63, 3.8) is 0 Å². The summed E-state index contributed by atoms with van der Waals surface area (Å²) < 4.78 is 11.6. The summed E-state index contributed by atoms with van der Waals surface area (Å²) in [6, 6.07) is 6.58. The van der Waals surface area contributed by atoms with Gasteiger partial charge in [-0.3, -0.25) is 14.3 Å². The SMILES string of the molecule is O=[N+]([O-])c1ccccc1C1SCCCS1=O. The third-order valence-electron chi connectivity index (χ3n) is 2.39. The van der Waals surface area contributed by atoms with Gasteiger partial charge in [-0.25, -0.2) is 0 Å². The molecule has 0 bridgehead atoms. The lowest BCUT2D eigenvalue weighted by Gasteiger charge is -2.20. The van der Waals surface area contributed by atoms with Crippen molar-refractivity contribution in [2.75, 3.05) is 11.5 Å². The molecule has 1 aromatic rings. The normalized spacial score (nSPS) is 25.2.